The number of piperazine rings is 1. The minimum atomic E-state index is 0.269. The van der Waals surface area contributed by atoms with Crippen LogP contribution in [0.2, 0.25) is 0 Å². The second kappa shape index (κ2) is 6.71. The number of rotatable bonds is 3. The van der Waals surface area contributed by atoms with E-state index in [0.717, 1.165) is 31.7 Å². The molecule has 122 valence electrons. The summed E-state index contributed by atoms with van der Waals surface area (Å²) in [4.78, 5) is 7.28. The lowest BCUT2D eigenvalue weighted by molar-refractivity contribution is 0.198. The average Bonchev–Trinajstić information content (AvgIpc) is 2.64. The first kappa shape index (κ1) is 15.3. The van der Waals surface area contributed by atoms with Gasteiger partial charge in [0, 0.05) is 37.8 Å². The Morgan fingerprint density at radius 2 is 1.75 bits per heavy atom. The highest BCUT2D eigenvalue weighted by molar-refractivity contribution is 5.79. The Bertz CT molecular complexity index is 837. The van der Waals surface area contributed by atoms with Crippen molar-refractivity contribution in [2.75, 3.05) is 26.2 Å². The van der Waals surface area contributed by atoms with Crippen molar-refractivity contribution in [3.05, 3.63) is 77.5 Å². The van der Waals surface area contributed by atoms with Crippen molar-refractivity contribution in [3.8, 4) is 0 Å². The monoisotopic (exact) mass is 317 g/mol. The van der Waals surface area contributed by atoms with Gasteiger partial charge in [-0.1, -0.05) is 42.5 Å². The molecule has 1 saturated heterocycles. The van der Waals surface area contributed by atoms with Crippen molar-refractivity contribution in [3.63, 3.8) is 0 Å². The number of para-hydroxylation sites is 1. The Kier molecular flexibility index (Phi) is 4.28. The number of benzene rings is 2. The zero-order chi connectivity index (χ0) is 16.4. The van der Waals surface area contributed by atoms with Crippen LogP contribution in [0, 0.1) is 6.92 Å². The fourth-order valence-corrected chi connectivity index (χ4v) is 3.66. The third kappa shape index (κ3) is 2.93. The number of pyridine rings is 1. The lowest BCUT2D eigenvalue weighted by Crippen LogP contribution is -2.45. The Balaban J connectivity index is 1.82. The van der Waals surface area contributed by atoms with Gasteiger partial charge in [-0.25, -0.2) is 0 Å². The summed E-state index contributed by atoms with van der Waals surface area (Å²) in [7, 11) is 0. The SMILES string of the molecule is Cc1ccccc1C(c1cnc2ccccc2c1)N1CCNCC1. The summed E-state index contributed by atoms with van der Waals surface area (Å²) < 4.78 is 0. The second-order valence-electron chi connectivity index (χ2n) is 6.51. The van der Waals surface area contributed by atoms with Crippen molar-refractivity contribution in [2.45, 2.75) is 13.0 Å². The van der Waals surface area contributed by atoms with Gasteiger partial charge < -0.3 is 5.32 Å². The largest absolute Gasteiger partial charge is 0.314 e. The molecule has 3 heteroatoms. The minimum absolute atomic E-state index is 0.269. The second-order valence-corrected chi connectivity index (χ2v) is 6.51. The van der Waals surface area contributed by atoms with Crippen molar-refractivity contribution in [2.24, 2.45) is 0 Å². The zero-order valence-electron chi connectivity index (χ0n) is 14.1. The first-order valence-electron chi connectivity index (χ1n) is 8.68. The van der Waals surface area contributed by atoms with E-state index < -0.39 is 0 Å². The van der Waals surface area contributed by atoms with E-state index in [1.807, 2.05) is 6.07 Å². The van der Waals surface area contributed by atoms with Gasteiger partial charge in [0.2, 0.25) is 0 Å². The van der Waals surface area contributed by atoms with Crippen molar-refractivity contribution in [1.82, 2.24) is 15.2 Å². The van der Waals surface area contributed by atoms with Gasteiger partial charge in [0.1, 0.15) is 0 Å². The molecule has 0 aliphatic carbocycles. The number of hydrogen-bond acceptors (Lipinski definition) is 3. The predicted octanol–water partition coefficient (Wildman–Crippen LogP) is 3.54. The average molecular weight is 317 g/mol. The van der Waals surface area contributed by atoms with Crippen LogP contribution in [-0.4, -0.2) is 36.1 Å². The van der Waals surface area contributed by atoms with Crippen molar-refractivity contribution in [1.29, 1.82) is 0 Å². The molecule has 1 aromatic heterocycles. The van der Waals surface area contributed by atoms with Crippen LogP contribution >= 0.6 is 0 Å². The Labute approximate surface area is 143 Å². The van der Waals surface area contributed by atoms with Gasteiger partial charge in [-0.3, -0.25) is 9.88 Å². The van der Waals surface area contributed by atoms with Crippen LogP contribution in [0.5, 0.6) is 0 Å². The van der Waals surface area contributed by atoms with E-state index in [9.17, 15) is 0 Å². The molecule has 0 radical (unpaired) electrons. The van der Waals surface area contributed by atoms with Crippen LogP contribution < -0.4 is 5.32 Å². The van der Waals surface area contributed by atoms with E-state index >= 15 is 0 Å². The molecule has 1 atom stereocenters. The molecule has 1 N–H and O–H groups in total. The third-order valence-electron chi connectivity index (χ3n) is 4.93. The number of fused-ring (bicyclic) bond motifs is 1. The fourth-order valence-electron chi connectivity index (χ4n) is 3.66. The highest BCUT2D eigenvalue weighted by Gasteiger charge is 2.25. The predicted molar refractivity (Wildman–Crippen MR) is 99.2 cm³/mol. The van der Waals surface area contributed by atoms with E-state index in [1.165, 1.54) is 22.1 Å². The molecule has 1 fully saturated rings. The zero-order valence-corrected chi connectivity index (χ0v) is 14.1. The molecular weight excluding hydrogens is 294 g/mol. The van der Waals surface area contributed by atoms with Gasteiger partial charge in [-0.05, 0) is 35.7 Å². The topological polar surface area (TPSA) is 28.2 Å². The molecule has 1 aliphatic rings. The molecule has 0 saturated carbocycles. The van der Waals surface area contributed by atoms with Gasteiger partial charge in [0.15, 0.2) is 0 Å². The van der Waals surface area contributed by atoms with E-state index in [4.69, 9.17) is 4.98 Å². The molecule has 2 heterocycles. The smallest absolute Gasteiger partial charge is 0.0702 e. The molecule has 2 aromatic carbocycles. The van der Waals surface area contributed by atoms with Crippen LogP contribution in [0.15, 0.2) is 60.8 Å². The maximum atomic E-state index is 4.71. The lowest BCUT2D eigenvalue weighted by atomic mass is 9.93. The summed E-state index contributed by atoms with van der Waals surface area (Å²) in [5, 5.41) is 4.67. The van der Waals surface area contributed by atoms with E-state index in [1.54, 1.807) is 0 Å². The number of nitrogens with one attached hydrogen (secondary N) is 1. The molecule has 1 unspecified atom stereocenters. The first-order chi connectivity index (χ1) is 11.8. The van der Waals surface area contributed by atoms with Gasteiger partial charge >= 0.3 is 0 Å². The molecule has 0 amide bonds. The van der Waals surface area contributed by atoms with Crippen LogP contribution in [0.3, 0.4) is 0 Å². The highest BCUT2D eigenvalue weighted by atomic mass is 15.2. The number of aromatic nitrogens is 1. The number of hydrogen-bond donors (Lipinski definition) is 1. The van der Waals surface area contributed by atoms with Gasteiger partial charge in [0.05, 0.1) is 11.6 Å². The molecule has 1 aliphatic heterocycles. The molecular formula is C21H23N3. The summed E-state index contributed by atoms with van der Waals surface area (Å²) >= 11 is 0. The van der Waals surface area contributed by atoms with Gasteiger partial charge in [-0.2, -0.15) is 0 Å². The van der Waals surface area contributed by atoms with Crippen LogP contribution in [0.4, 0.5) is 0 Å². The Morgan fingerprint density at radius 1 is 1.00 bits per heavy atom. The Hall–Kier alpha value is -2.23. The molecule has 4 rings (SSSR count). The van der Waals surface area contributed by atoms with Gasteiger partial charge in [-0.15, -0.1) is 0 Å². The minimum Gasteiger partial charge on any atom is -0.314 e. The fraction of sp³-hybridized carbons (Fsp3) is 0.286. The van der Waals surface area contributed by atoms with Crippen molar-refractivity contribution >= 4 is 10.9 Å². The van der Waals surface area contributed by atoms with Crippen LogP contribution in [0.25, 0.3) is 10.9 Å². The van der Waals surface area contributed by atoms with Crippen LogP contribution in [-0.2, 0) is 0 Å². The normalized spacial score (nSPS) is 17.0. The summed E-state index contributed by atoms with van der Waals surface area (Å²) in [6.45, 7) is 6.42. The summed E-state index contributed by atoms with van der Waals surface area (Å²) in [6.07, 6.45) is 2.06. The summed E-state index contributed by atoms with van der Waals surface area (Å²) in [5.41, 5.74) is 5.07. The molecule has 24 heavy (non-hydrogen) atoms. The van der Waals surface area contributed by atoms with E-state index in [2.05, 4.69) is 71.9 Å². The molecule has 3 aromatic rings. The maximum Gasteiger partial charge on any atom is 0.0702 e. The standard InChI is InChI=1S/C21H23N3/c1-16-6-2-4-8-19(16)21(24-12-10-22-11-13-24)18-14-17-7-3-5-9-20(17)23-15-18/h2-9,14-15,21-22H,10-13H2,1H3. The maximum absolute atomic E-state index is 4.71. The van der Waals surface area contributed by atoms with E-state index in [0.29, 0.717) is 0 Å². The first-order valence-corrected chi connectivity index (χ1v) is 8.68. The number of nitrogens with zero attached hydrogens (tertiary/aromatic N) is 2. The lowest BCUT2D eigenvalue weighted by Gasteiger charge is -2.36. The summed E-state index contributed by atoms with van der Waals surface area (Å²) in [6, 6.07) is 19.7. The highest BCUT2D eigenvalue weighted by Crippen LogP contribution is 2.32. The van der Waals surface area contributed by atoms with E-state index in [-0.39, 0.29) is 6.04 Å². The van der Waals surface area contributed by atoms with Gasteiger partial charge in [0.25, 0.3) is 0 Å². The molecule has 3 nitrogen and oxygen atoms in total. The summed E-state index contributed by atoms with van der Waals surface area (Å²) in [5.74, 6) is 0. The number of aryl methyl sites for hydroxylation is 1. The third-order valence-corrected chi connectivity index (χ3v) is 4.93. The van der Waals surface area contributed by atoms with Crippen molar-refractivity contribution < 1.29 is 0 Å². The molecule has 0 spiro atoms. The van der Waals surface area contributed by atoms with Crippen LogP contribution in [0.1, 0.15) is 22.7 Å². The molecule has 0 bridgehead atoms. The quantitative estimate of drug-likeness (QED) is 0.801. The Morgan fingerprint density at radius 3 is 2.58 bits per heavy atom.